The maximum atomic E-state index is 12.0. The number of ether oxygens (including phenoxy) is 2. The summed E-state index contributed by atoms with van der Waals surface area (Å²) in [6.07, 6.45) is 1.60. The number of nitrogens with one attached hydrogen (secondary N) is 1. The third kappa shape index (κ3) is 5.62. The molecule has 6 heteroatoms. The van der Waals surface area contributed by atoms with Crippen molar-refractivity contribution in [1.82, 2.24) is 10.2 Å². The summed E-state index contributed by atoms with van der Waals surface area (Å²) in [6.45, 7) is 3.35. The molecule has 1 heterocycles. The maximum Gasteiger partial charge on any atom is 0.234 e. The van der Waals surface area contributed by atoms with Gasteiger partial charge in [0.2, 0.25) is 5.91 Å². The van der Waals surface area contributed by atoms with Crippen LogP contribution in [-0.2, 0) is 4.79 Å². The Morgan fingerprint density at radius 2 is 1.96 bits per heavy atom. The summed E-state index contributed by atoms with van der Waals surface area (Å²) in [6, 6.07) is 10.9. The van der Waals surface area contributed by atoms with Crippen LogP contribution in [0.15, 0.2) is 47.1 Å². The van der Waals surface area contributed by atoms with Gasteiger partial charge in [0.15, 0.2) is 0 Å². The zero-order valence-electron chi connectivity index (χ0n) is 14.3. The van der Waals surface area contributed by atoms with Gasteiger partial charge in [-0.05, 0) is 50.4 Å². The van der Waals surface area contributed by atoms with Gasteiger partial charge in [-0.25, -0.2) is 0 Å². The van der Waals surface area contributed by atoms with Crippen LogP contribution in [0, 0.1) is 0 Å². The second-order valence-electron chi connectivity index (χ2n) is 5.57. The van der Waals surface area contributed by atoms with Crippen LogP contribution < -0.4 is 14.8 Å². The van der Waals surface area contributed by atoms with Crippen molar-refractivity contribution in [1.29, 1.82) is 0 Å². The molecule has 1 atom stereocenters. The Bertz CT molecular complexity index is 610. The van der Waals surface area contributed by atoms with E-state index in [0.29, 0.717) is 19.7 Å². The lowest BCUT2D eigenvalue weighted by atomic mass is 10.2. The number of likely N-dealkylation sites (N-methyl/N-ethyl adjacent to an activating group) is 1. The van der Waals surface area contributed by atoms with Gasteiger partial charge in [0.25, 0.3) is 0 Å². The molecular weight excluding hydrogens is 308 g/mol. The molecule has 0 saturated carbocycles. The number of hydrogen-bond acceptors (Lipinski definition) is 5. The van der Waals surface area contributed by atoms with Gasteiger partial charge in [-0.1, -0.05) is 0 Å². The fourth-order valence-corrected chi connectivity index (χ4v) is 2.21. The SMILES string of the molecule is COc1ccc(OCCN(C)CC(=O)NC(C)c2ccco2)cc1. The normalized spacial score (nSPS) is 12.0. The highest BCUT2D eigenvalue weighted by Crippen LogP contribution is 2.16. The number of furan rings is 1. The highest BCUT2D eigenvalue weighted by atomic mass is 16.5. The highest BCUT2D eigenvalue weighted by molar-refractivity contribution is 5.78. The quantitative estimate of drug-likeness (QED) is 0.764. The molecule has 2 aromatic rings. The van der Waals surface area contributed by atoms with E-state index < -0.39 is 0 Å². The molecule has 0 bridgehead atoms. The molecule has 1 aromatic heterocycles. The van der Waals surface area contributed by atoms with Crippen LogP contribution in [-0.4, -0.2) is 44.7 Å². The van der Waals surface area contributed by atoms with Crippen LogP contribution in [0.5, 0.6) is 11.5 Å². The molecule has 0 aliphatic carbocycles. The first-order valence-electron chi connectivity index (χ1n) is 7.86. The Balaban J connectivity index is 1.66. The van der Waals surface area contributed by atoms with Gasteiger partial charge >= 0.3 is 0 Å². The monoisotopic (exact) mass is 332 g/mol. The first-order chi connectivity index (χ1) is 11.6. The van der Waals surface area contributed by atoms with Crippen LogP contribution >= 0.6 is 0 Å². The summed E-state index contributed by atoms with van der Waals surface area (Å²) >= 11 is 0. The molecule has 6 nitrogen and oxygen atoms in total. The molecule has 0 aliphatic rings. The standard InChI is InChI=1S/C18H24N2O4/c1-14(17-5-4-11-24-17)19-18(21)13-20(2)10-12-23-16-8-6-15(22-3)7-9-16/h4-9,11,14H,10,12-13H2,1-3H3,(H,19,21). The lowest BCUT2D eigenvalue weighted by Crippen LogP contribution is -2.37. The van der Waals surface area contributed by atoms with Crippen LogP contribution in [0.25, 0.3) is 0 Å². The molecule has 1 N–H and O–H groups in total. The van der Waals surface area contributed by atoms with Gasteiger partial charge in [0, 0.05) is 6.54 Å². The van der Waals surface area contributed by atoms with Crippen molar-refractivity contribution in [3.8, 4) is 11.5 Å². The first kappa shape index (κ1) is 17.9. The largest absolute Gasteiger partial charge is 0.497 e. The molecule has 0 saturated heterocycles. The number of benzene rings is 1. The van der Waals surface area contributed by atoms with Gasteiger partial charge < -0.3 is 19.2 Å². The molecule has 130 valence electrons. The molecule has 0 spiro atoms. The lowest BCUT2D eigenvalue weighted by Gasteiger charge is -2.18. The zero-order valence-corrected chi connectivity index (χ0v) is 14.3. The summed E-state index contributed by atoms with van der Waals surface area (Å²) < 4.78 is 16.0. The molecule has 0 aliphatic heterocycles. The summed E-state index contributed by atoms with van der Waals surface area (Å²) in [4.78, 5) is 13.9. The van der Waals surface area contributed by atoms with Crippen molar-refractivity contribution in [3.05, 3.63) is 48.4 Å². The van der Waals surface area contributed by atoms with Gasteiger partial charge in [-0.15, -0.1) is 0 Å². The number of carbonyl (C=O) groups excluding carboxylic acids is 1. The number of carbonyl (C=O) groups is 1. The topological polar surface area (TPSA) is 63.9 Å². The van der Waals surface area contributed by atoms with Crippen LogP contribution in [0.4, 0.5) is 0 Å². The van der Waals surface area contributed by atoms with Gasteiger partial charge in [-0.3, -0.25) is 9.69 Å². The minimum absolute atomic E-state index is 0.0501. The number of rotatable bonds is 9. The fraction of sp³-hybridized carbons (Fsp3) is 0.389. The van der Waals surface area contributed by atoms with E-state index in [-0.39, 0.29) is 11.9 Å². The number of nitrogens with zero attached hydrogens (tertiary/aromatic N) is 1. The molecule has 1 unspecified atom stereocenters. The fourth-order valence-electron chi connectivity index (χ4n) is 2.21. The summed E-state index contributed by atoms with van der Waals surface area (Å²) in [5.74, 6) is 2.27. The number of amides is 1. The molecule has 24 heavy (non-hydrogen) atoms. The van der Waals surface area contributed by atoms with E-state index in [1.54, 1.807) is 19.4 Å². The number of methoxy groups -OCH3 is 1. The second kappa shape index (κ2) is 8.98. The molecular formula is C18H24N2O4. The Kier molecular flexibility index (Phi) is 6.69. The predicted molar refractivity (Wildman–Crippen MR) is 91.3 cm³/mol. The molecule has 1 aromatic carbocycles. The van der Waals surface area contributed by atoms with E-state index >= 15 is 0 Å². The predicted octanol–water partition coefficient (Wildman–Crippen LogP) is 2.48. The van der Waals surface area contributed by atoms with E-state index in [1.165, 1.54) is 0 Å². The van der Waals surface area contributed by atoms with Crippen LogP contribution in [0.3, 0.4) is 0 Å². The average Bonchev–Trinajstić information content (AvgIpc) is 3.10. The van der Waals surface area contributed by atoms with E-state index in [2.05, 4.69) is 5.32 Å². The minimum Gasteiger partial charge on any atom is -0.497 e. The number of hydrogen-bond donors (Lipinski definition) is 1. The molecule has 2 rings (SSSR count). The average molecular weight is 332 g/mol. The summed E-state index contributed by atoms with van der Waals surface area (Å²) in [5, 5.41) is 2.90. The van der Waals surface area contributed by atoms with E-state index in [0.717, 1.165) is 17.3 Å². The van der Waals surface area contributed by atoms with Crippen molar-refractivity contribution in [2.45, 2.75) is 13.0 Å². The Labute approximate surface area is 142 Å². The second-order valence-corrected chi connectivity index (χ2v) is 5.57. The lowest BCUT2D eigenvalue weighted by molar-refractivity contribution is -0.122. The molecule has 0 radical (unpaired) electrons. The van der Waals surface area contributed by atoms with E-state index in [4.69, 9.17) is 13.9 Å². The van der Waals surface area contributed by atoms with Crippen molar-refractivity contribution < 1.29 is 18.7 Å². The van der Waals surface area contributed by atoms with Gasteiger partial charge in [0.05, 0.1) is 26.0 Å². The highest BCUT2D eigenvalue weighted by Gasteiger charge is 2.13. The Morgan fingerprint density at radius 1 is 1.25 bits per heavy atom. The first-order valence-corrected chi connectivity index (χ1v) is 7.86. The Morgan fingerprint density at radius 3 is 2.58 bits per heavy atom. The van der Waals surface area contributed by atoms with Crippen LogP contribution in [0.2, 0.25) is 0 Å². The Hall–Kier alpha value is -2.47. The summed E-state index contributed by atoms with van der Waals surface area (Å²) in [5.41, 5.74) is 0. The van der Waals surface area contributed by atoms with Gasteiger partial charge in [0.1, 0.15) is 23.9 Å². The van der Waals surface area contributed by atoms with Crippen molar-refractivity contribution in [3.63, 3.8) is 0 Å². The maximum absolute atomic E-state index is 12.0. The van der Waals surface area contributed by atoms with E-state index in [1.807, 2.05) is 49.2 Å². The van der Waals surface area contributed by atoms with Gasteiger partial charge in [-0.2, -0.15) is 0 Å². The van der Waals surface area contributed by atoms with E-state index in [9.17, 15) is 4.79 Å². The third-order valence-electron chi connectivity index (χ3n) is 3.56. The third-order valence-corrected chi connectivity index (χ3v) is 3.56. The van der Waals surface area contributed by atoms with Crippen molar-refractivity contribution >= 4 is 5.91 Å². The molecule has 0 fully saturated rings. The summed E-state index contributed by atoms with van der Waals surface area (Å²) in [7, 11) is 3.51. The smallest absolute Gasteiger partial charge is 0.234 e. The van der Waals surface area contributed by atoms with Crippen molar-refractivity contribution in [2.75, 3.05) is 33.9 Å². The zero-order chi connectivity index (χ0) is 17.4. The van der Waals surface area contributed by atoms with Crippen molar-refractivity contribution in [2.24, 2.45) is 0 Å². The molecule has 1 amide bonds. The minimum atomic E-state index is -0.142. The van der Waals surface area contributed by atoms with Crippen LogP contribution in [0.1, 0.15) is 18.7 Å².